The Morgan fingerprint density at radius 3 is 2.96 bits per heavy atom. The summed E-state index contributed by atoms with van der Waals surface area (Å²) in [5.74, 6) is 0. The van der Waals surface area contributed by atoms with Crippen LogP contribution in [0.4, 0.5) is 15.3 Å². The number of hydrogen-bond donors (Lipinski definition) is 2. The Morgan fingerprint density at radius 1 is 1.30 bits per heavy atom. The average molecular weight is 319 g/mol. The molecule has 7 nitrogen and oxygen atoms in total. The molecule has 3 rings (SSSR count). The van der Waals surface area contributed by atoms with Crippen LogP contribution in [0.5, 0.6) is 0 Å². The molecule has 0 spiro atoms. The van der Waals surface area contributed by atoms with Gasteiger partial charge in [0, 0.05) is 25.4 Å². The standard InChI is InChI=1S/C16H21N3O4/c20-15(18-11-14-5-2-7-22-14)17-10-12-3-1-4-13(9-12)19-6-8-23-16(19)21/h1,3-4,9,14H,2,5-8,10-11H2,(H2,17,18,20)/t14-/m1/s1. The van der Waals surface area contributed by atoms with Crippen molar-refractivity contribution in [1.29, 1.82) is 0 Å². The number of hydrogen-bond acceptors (Lipinski definition) is 4. The Kier molecular flexibility index (Phi) is 4.97. The number of carbonyl (C=O) groups is 2. The first-order valence-corrected chi connectivity index (χ1v) is 7.89. The number of benzene rings is 1. The fraction of sp³-hybridized carbons (Fsp3) is 0.500. The highest BCUT2D eigenvalue weighted by Crippen LogP contribution is 2.19. The van der Waals surface area contributed by atoms with Crippen LogP contribution in [0.2, 0.25) is 0 Å². The number of ether oxygens (including phenoxy) is 2. The lowest BCUT2D eigenvalue weighted by molar-refractivity contribution is 0.111. The predicted octanol–water partition coefficient (Wildman–Crippen LogP) is 1.62. The summed E-state index contributed by atoms with van der Waals surface area (Å²) in [7, 11) is 0. The summed E-state index contributed by atoms with van der Waals surface area (Å²) >= 11 is 0. The third-order valence-corrected chi connectivity index (χ3v) is 3.95. The topological polar surface area (TPSA) is 79.9 Å². The van der Waals surface area contributed by atoms with Gasteiger partial charge in [-0.2, -0.15) is 0 Å². The van der Waals surface area contributed by atoms with E-state index in [0.717, 1.165) is 30.7 Å². The van der Waals surface area contributed by atoms with Gasteiger partial charge in [0.2, 0.25) is 0 Å². The molecule has 3 amide bonds. The van der Waals surface area contributed by atoms with Gasteiger partial charge in [-0.05, 0) is 30.5 Å². The molecule has 2 N–H and O–H groups in total. The second-order valence-electron chi connectivity index (χ2n) is 5.63. The second-order valence-corrected chi connectivity index (χ2v) is 5.63. The van der Waals surface area contributed by atoms with Crippen LogP contribution in [0.15, 0.2) is 24.3 Å². The molecule has 0 aromatic heterocycles. The summed E-state index contributed by atoms with van der Waals surface area (Å²) in [5.41, 5.74) is 1.71. The maximum atomic E-state index is 11.8. The minimum absolute atomic E-state index is 0.130. The Morgan fingerprint density at radius 2 is 2.22 bits per heavy atom. The number of rotatable bonds is 5. The van der Waals surface area contributed by atoms with E-state index in [4.69, 9.17) is 9.47 Å². The fourth-order valence-corrected chi connectivity index (χ4v) is 2.72. The van der Waals surface area contributed by atoms with Crippen molar-refractivity contribution in [3.63, 3.8) is 0 Å². The van der Waals surface area contributed by atoms with E-state index in [9.17, 15) is 9.59 Å². The van der Waals surface area contributed by atoms with Crippen LogP contribution >= 0.6 is 0 Å². The molecule has 0 unspecified atom stereocenters. The Bertz CT molecular complexity index is 572. The first-order valence-electron chi connectivity index (χ1n) is 7.89. The third-order valence-electron chi connectivity index (χ3n) is 3.95. The van der Waals surface area contributed by atoms with Gasteiger partial charge in [0.1, 0.15) is 6.61 Å². The van der Waals surface area contributed by atoms with Gasteiger partial charge in [-0.25, -0.2) is 9.59 Å². The van der Waals surface area contributed by atoms with Crippen LogP contribution in [0.1, 0.15) is 18.4 Å². The molecular formula is C16H21N3O4. The van der Waals surface area contributed by atoms with E-state index in [1.807, 2.05) is 24.3 Å². The van der Waals surface area contributed by atoms with Gasteiger partial charge in [-0.15, -0.1) is 0 Å². The van der Waals surface area contributed by atoms with Crippen molar-refractivity contribution in [2.24, 2.45) is 0 Å². The van der Waals surface area contributed by atoms with Crippen molar-refractivity contribution < 1.29 is 19.1 Å². The zero-order valence-corrected chi connectivity index (χ0v) is 12.9. The lowest BCUT2D eigenvalue weighted by Gasteiger charge is -2.15. The van der Waals surface area contributed by atoms with E-state index >= 15 is 0 Å². The maximum Gasteiger partial charge on any atom is 0.414 e. The van der Waals surface area contributed by atoms with Crippen LogP contribution < -0.4 is 15.5 Å². The summed E-state index contributed by atoms with van der Waals surface area (Å²) < 4.78 is 10.4. The van der Waals surface area contributed by atoms with E-state index in [-0.39, 0.29) is 18.2 Å². The predicted molar refractivity (Wildman–Crippen MR) is 84.3 cm³/mol. The highest BCUT2D eigenvalue weighted by molar-refractivity contribution is 5.89. The molecule has 2 heterocycles. The van der Waals surface area contributed by atoms with E-state index < -0.39 is 0 Å². The highest BCUT2D eigenvalue weighted by Gasteiger charge is 2.23. The van der Waals surface area contributed by atoms with Crippen LogP contribution in [0.25, 0.3) is 0 Å². The molecule has 1 aromatic rings. The van der Waals surface area contributed by atoms with E-state index in [1.165, 1.54) is 0 Å². The van der Waals surface area contributed by atoms with Gasteiger partial charge in [0.15, 0.2) is 0 Å². The van der Waals surface area contributed by atoms with Gasteiger partial charge in [0.25, 0.3) is 0 Å². The highest BCUT2D eigenvalue weighted by atomic mass is 16.6. The smallest absolute Gasteiger partial charge is 0.414 e. The fourth-order valence-electron chi connectivity index (χ4n) is 2.72. The minimum Gasteiger partial charge on any atom is -0.447 e. The van der Waals surface area contributed by atoms with Gasteiger partial charge < -0.3 is 20.1 Å². The number of nitrogens with one attached hydrogen (secondary N) is 2. The van der Waals surface area contributed by atoms with Gasteiger partial charge in [-0.3, -0.25) is 4.90 Å². The van der Waals surface area contributed by atoms with Crippen molar-refractivity contribution in [2.75, 3.05) is 31.2 Å². The first-order chi connectivity index (χ1) is 11.2. The zero-order valence-electron chi connectivity index (χ0n) is 12.9. The molecule has 2 saturated heterocycles. The van der Waals surface area contributed by atoms with Gasteiger partial charge in [0.05, 0.1) is 12.6 Å². The molecule has 7 heteroatoms. The Hall–Kier alpha value is -2.28. The molecule has 0 radical (unpaired) electrons. The monoisotopic (exact) mass is 319 g/mol. The van der Waals surface area contributed by atoms with E-state index in [1.54, 1.807) is 4.90 Å². The molecule has 0 bridgehead atoms. The number of nitrogens with zero attached hydrogens (tertiary/aromatic N) is 1. The molecule has 2 fully saturated rings. The van der Waals surface area contributed by atoms with Crippen LogP contribution in [-0.2, 0) is 16.0 Å². The van der Waals surface area contributed by atoms with E-state index in [0.29, 0.717) is 26.2 Å². The summed E-state index contributed by atoms with van der Waals surface area (Å²) in [6.45, 7) is 2.67. The SMILES string of the molecule is O=C(NCc1cccc(N2CCOC2=O)c1)NC[C@H]1CCCO1. The minimum atomic E-state index is -0.329. The molecule has 0 saturated carbocycles. The van der Waals surface area contributed by atoms with Crippen LogP contribution in [0.3, 0.4) is 0 Å². The lowest BCUT2D eigenvalue weighted by atomic mass is 10.2. The molecule has 2 aliphatic heterocycles. The Labute approximate surface area is 134 Å². The molecule has 0 aliphatic carbocycles. The lowest BCUT2D eigenvalue weighted by Crippen LogP contribution is -2.39. The molecule has 124 valence electrons. The quantitative estimate of drug-likeness (QED) is 0.864. The maximum absolute atomic E-state index is 11.8. The van der Waals surface area contributed by atoms with Crippen molar-refractivity contribution in [1.82, 2.24) is 10.6 Å². The largest absolute Gasteiger partial charge is 0.447 e. The number of anilines is 1. The van der Waals surface area contributed by atoms with Crippen molar-refractivity contribution in [3.05, 3.63) is 29.8 Å². The summed E-state index contributed by atoms with van der Waals surface area (Å²) in [6, 6.07) is 7.29. The molecule has 23 heavy (non-hydrogen) atoms. The van der Waals surface area contributed by atoms with Crippen molar-refractivity contribution in [2.45, 2.75) is 25.5 Å². The number of cyclic esters (lactones) is 1. The number of urea groups is 1. The third kappa shape index (κ3) is 4.13. The van der Waals surface area contributed by atoms with E-state index in [2.05, 4.69) is 10.6 Å². The molecule has 2 aliphatic rings. The van der Waals surface area contributed by atoms with Gasteiger partial charge >= 0.3 is 12.1 Å². The zero-order chi connectivity index (χ0) is 16.1. The van der Waals surface area contributed by atoms with Crippen LogP contribution in [0, 0.1) is 0 Å². The number of amides is 3. The van der Waals surface area contributed by atoms with Crippen molar-refractivity contribution in [3.8, 4) is 0 Å². The summed E-state index contributed by atoms with van der Waals surface area (Å²) in [6.07, 6.45) is 1.85. The van der Waals surface area contributed by atoms with Crippen LogP contribution in [-0.4, -0.2) is 44.5 Å². The van der Waals surface area contributed by atoms with Gasteiger partial charge in [-0.1, -0.05) is 12.1 Å². The second kappa shape index (κ2) is 7.32. The molecular weight excluding hydrogens is 298 g/mol. The van der Waals surface area contributed by atoms with Crippen molar-refractivity contribution >= 4 is 17.8 Å². The summed E-state index contributed by atoms with van der Waals surface area (Å²) in [4.78, 5) is 25.0. The number of carbonyl (C=O) groups excluding carboxylic acids is 2. The first kappa shape index (κ1) is 15.6. The molecule has 1 atom stereocenters. The summed E-state index contributed by atoms with van der Waals surface area (Å²) in [5, 5.41) is 5.62. The molecule has 1 aromatic carbocycles. The normalized spacial score (nSPS) is 20.4. The Balaban J connectivity index is 1.47. The average Bonchev–Trinajstić information content (AvgIpc) is 3.22.